The smallest absolute Gasteiger partial charge is 0.332 e. The number of ether oxygens (including phenoxy) is 1. The Morgan fingerprint density at radius 1 is 1.07 bits per heavy atom. The predicted octanol–water partition coefficient (Wildman–Crippen LogP) is 0.450. The van der Waals surface area contributed by atoms with Crippen LogP contribution < -0.4 is 21.5 Å². The summed E-state index contributed by atoms with van der Waals surface area (Å²) in [6.07, 6.45) is 0.835. The van der Waals surface area contributed by atoms with Gasteiger partial charge in [-0.1, -0.05) is 30.3 Å². The van der Waals surface area contributed by atoms with Crippen molar-refractivity contribution in [2.24, 2.45) is 14.1 Å². The Bertz CT molecular complexity index is 1130. The molecular weight excluding hydrogens is 384 g/mol. The minimum Gasteiger partial charge on any atom is -0.378 e. The largest absolute Gasteiger partial charge is 0.378 e. The number of imidazole rings is 1. The van der Waals surface area contributed by atoms with Crippen LogP contribution in [-0.2, 0) is 31.9 Å². The first-order valence-corrected chi connectivity index (χ1v) is 10.3. The van der Waals surface area contributed by atoms with E-state index in [-0.39, 0.29) is 11.2 Å². The Kier molecular flexibility index (Phi) is 6.01. The van der Waals surface area contributed by atoms with Crippen LogP contribution in [0, 0.1) is 0 Å². The fraction of sp³-hybridized carbons (Fsp3) is 0.476. The zero-order valence-electron chi connectivity index (χ0n) is 17.5. The first kappa shape index (κ1) is 20.4. The highest BCUT2D eigenvalue weighted by Crippen LogP contribution is 2.21. The number of nitrogens with one attached hydrogen (secondary N) is 1. The van der Waals surface area contributed by atoms with Gasteiger partial charge in [-0.25, -0.2) is 4.79 Å². The van der Waals surface area contributed by atoms with Gasteiger partial charge in [0.1, 0.15) is 0 Å². The molecule has 0 amide bonds. The lowest BCUT2D eigenvalue weighted by atomic mass is 10.2. The number of benzene rings is 1. The van der Waals surface area contributed by atoms with Crippen LogP contribution in [0.5, 0.6) is 0 Å². The van der Waals surface area contributed by atoms with E-state index in [4.69, 9.17) is 9.72 Å². The molecule has 1 aromatic carbocycles. The fourth-order valence-electron chi connectivity index (χ4n) is 3.84. The van der Waals surface area contributed by atoms with E-state index in [1.807, 2.05) is 22.8 Å². The molecule has 0 aliphatic carbocycles. The molecule has 1 fully saturated rings. The molecule has 9 heteroatoms. The Labute approximate surface area is 174 Å². The number of morpholine rings is 1. The summed E-state index contributed by atoms with van der Waals surface area (Å²) in [6.45, 7) is 4.92. The molecule has 0 atom stereocenters. The van der Waals surface area contributed by atoms with Gasteiger partial charge in [0.2, 0.25) is 5.95 Å². The number of hydrogen-bond acceptors (Lipinski definition) is 6. The maximum Gasteiger partial charge on any atom is 0.332 e. The molecule has 1 N–H and O–H groups in total. The molecule has 0 saturated carbocycles. The Balaban J connectivity index is 1.59. The lowest BCUT2D eigenvalue weighted by Gasteiger charge is -2.28. The molecule has 1 saturated heterocycles. The Morgan fingerprint density at radius 2 is 1.80 bits per heavy atom. The summed E-state index contributed by atoms with van der Waals surface area (Å²) < 4.78 is 10.0. The van der Waals surface area contributed by atoms with Crippen LogP contribution in [0.3, 0.4) is 0 Å². The van der Waals surface area contributed by atoms with Crippen LogP contribution in [0.2, 0.25) is 0 Å². The Hall–Kier alpha value is -2.91. The average molecular weight is 412 g/mol. The fourth-order valence-corrected chi connectivity index (χ4v) is 3.84. The van der Waals surface area contributed by atoms with Crippen molar-refractivity contribution in [3.63, 3.8) is 0 Å². The second-order valence-corrected chi connectivity index (χ2v) is 7.56. The molecule has 9 nitrogen and oxygen atoms in total. The highest BCUT2D eigenvalue weighted by molar-refractivity contribution is 5.74. The first-order chi connectivity index (χ1) is 14.6. The van der Waals surface area contributed by atoms with E-state index in [2.05, 4.69) is 22.3 Å². The molecule has 160 valence electrons. The summed E-state index contributed by atoms with van der Waals surface area (Å²) in [5.41, 5.74) is 1.47. The van der Waals surface area contributed by atoms with Gasteiger partial charge >= 0.3 is 5.69 Å². The SMILES string of the molecule is Cn1c(=O)c2c(nc(N3CCOCC3)n2CCCNCc2ccccc2)n(C)c1=O. The Morgan fingerprint density at radius 3 is 2.53 bits per heavy atom. The van der Waals surface area contributed by atoms with Crippen LogP contribution >= 0.6 is 0 Å². The highest BCUT2D eigenvalue weighted by Gasteiger charge is 2.23. The third-order valence-corrected chi connectivity index (χ3v) is 5.53. The van der Waals surface area contributed by atoms with Gasteiger partial charge < -0.3 is 19.5 Å². The number of fused-ring (bicyclic) bond motifs is 1. The maximum absolute atomic E-state index is 12.9. The monoisotopic (exact) mass is 412 g/mol. The van der Waals surface area contributed by atoms with Gasteiger partial charge in [0.15, 0.2) is 11.2 Å². The van der Waals surface area contributed by atoms with Crippen molar-refractivity contribution in [1.29, 1.82) is 0 Å². The van der Waals surface area contributed by atoms with E-state index in [1.54, 1.807) is 7.05 Å². The van der Waals surface area contributed by atoms with Crippen LogP contribution in [0.15, 0.2) is 39.9 Å². The highest BCUT2D eigenvalue weighted by atomic mass is 16.5. The van der Waals surface area contributed by atoms with E-state index in [1.165, 1.54) is 17.2 Å². The van der Waals surface area contributed by atoms with Gasteiger partial charge in [-0.15, -0.1) is 0 Å². The zero-order chi connectivity index (χ0) is 21.1. The number of anilines is 1. The summed E-state index contributed by atoms with van der Waals surface area (Å²) in [7, 11) is 3.17. The third kappa shape index (κ3) is 3.90. The third-order valence-electron chi connectivity index (χ3n) is 5.53. The molecule has 1 aliphatic heterocycles. The molecule has 0 unspecified atom stereocenters. The summed E-state index contributed by atoms with van der Waals surface area (Å²) in [5, 5.41) is 3.45. The standard InChI is InChI=1S/C21H28N6O3/c1-24-18-17(19(28)25(2)21(24)29)27(20(23-18)26-11-13-30-14-12-26)10-6-9-22-15-16-7-4-3-5-8-16/h3-5,7-8,22H,6,9-15H2,1-2H3. The number of nitrogens with zero attached hydrogens (tertiary/aromatic N) is 5. The molecule has 1 aliphatic rings. The van der Waals surface area contributed by atoms with Gasteiger partial charge in [-0.2, -0.15) is 4.98 Å². The van der Waals surface area contributed by atoms with Crippen molar-refractivity contribution in [1.82, 2.24) is 24.0 Å². The van der Waals surface area contributed by atoms with Gasteiger partial charge in [0.05, 0.1) is 13.2 Å². The minimum absolute atomic E-state index is 0.308. The predicted molar refractivity (Wildman–Crippen MR) is 116 cm³/mol. The summed E-state index contributed by atoms with van der Waals surface area (Å²) in [4.78, 5) is 32.1. The second kappa shape index (κ2) is 8.85. The van der Waals surface area contributed by atoms with Gasteiger partial charge in [0, 0.05) is 40.3 Å². The van der Waals surface area contributed by atoms with Crippen molar-refractivity contribution in [2.45, 2.75) is 19.5 Å². The molecule has 0 bridgehead atoms. The number of aromatic nitrogens is 4. The average Bonchev–Trinajstić information content (AvgIpc) is 3.17. The van der Waals surface area contributed by atoms with E-state index >= 15 is 0 Å². The maximum atomic E-state index is 12.9. The summed E-state index contributed by atoms with van der Waals surface area (Å²) >= 11 is 0. The van der Waals surface area contributed by atoms with E-state index < -0.39 is 0 Å². The molecule has 3 heterocycles. The molecular formula is C21H28N6O3. The van der Waals surface area contributed by atoms with E-state index in [0.717, 1.165) is 30.0 Å². The second-order valence-electron chi connectivity index (χ2n) is 7.56. The van der Waals surface area contributed by atoms with Crippen molar-refractivity contribution < 1.29 is 4.74 Å². The molecule has 4 rings (SSSR count). The molecule has 30 heavy (non-hydrogen) atoms. The van der Waals surface area contributed by atoms with Crippen LogP contribution in [0.1, 0.15) is 12.0 Å². The van der Waals surface area contributed by atoms with Crippen molar-refractivity contribution >= 4 is 17.1 Å². The molecule has 3 aromatic rings. The summed E-state index contributed by atoms with van der Waals surface area (Å²) in [6, 6.07) is 10.3. The van der Waals surface area contributed by atoms with Gasteiger partial charge in [-0.05, 0) is 18.5 Å². The topological polar surface area (TPSA) is 86.3 Å². The van der Waals surface area contributed by atoms with Crippen LogP contribution in [-0.4, -0.2) is 51.5 Å². The van der Waals surface area contributed by atoms with Crippen molar-refractivity contribution in [3.05, 3.63) is 56.7 Å². The van der Waals surface area contributed by atoms with Gasteiger partial charge in [0.25, 0.3) is 5.56 Å². The first-order valence-electron chi connectivity index (χ1n) is 10.3. The van der Waals surface area contributed by atoms with Crippen LogP contribution in [0.4, 0.5) is 5.95 Å². The molecule has 2 aromatic heterocycles. The molecule has 0 spiro atoms. The van der Waals surface area contributed by atoms with Crippen molar-refractivity contribution in [3.8, 4) is 0 Å². The number of aryl methyl sites for hydroxylation is 2. The molecule has 0 radical (unpaired) electrons. The lowest BCUT2D eigenvalue weighted by molar-refractivity contribution is 0.121. The number of hydrogen-bond donors (Lipinski definition) is 1. The van der Waals surface area contributed by atoms with Crippen molar-refractivity contribution in [2.75, 3.05) is 37.7 Å². The normalized spacial score (nSPS) is 14.5. The zero-order valence-corrected chi connectivity index (χ0v) is 17.5. The van der Waals surface area contributed by atoms with E-state index in [9.17, 15) is 9.59 Å². The van der Waals surface area contributed by atoms with E-state index in [0.29, 0.717) is 44.0 Å². The number of rotatable bonds is 7. The van der Waals surface area contributed by atoms with Gasteiger partial charge in [-0.3, -0.25) is 13.9 Å². The lowest BCUT2D eigenvalue weighted by Crippen LogP contribution is -2.38. The van der Waals surface area contributed by atoms with Crippen LogP contribution in [0.25, 0.3) is 11.2 Å². The minimum atomic E-state index is -0.366. The summed E-state index contributed by atoms with van der Waals surface area (Å²) in [5.74, 6) is 0.731. The quantitative estimate of drug-likeness (QED) is 0.567.